The van der Waals surface area contributed by atoms with Gasteiger partial charge in [-0.15, -0.1) is 0 Å². The van der Waals surface area contributed by atoms with Crippen LogP contribution in [0.15, 0.2) is 57.4 Å². The van der Waals surface area contributed by atoms with E-state index in [1.54, 1.807) is 24.3 Å². The highest BCUT2D eigenvalue weighted by Crippen LogP contribution is 2.31. The second kappa shape index (κ2) is 5.71. The Morgan fingerprint density at radius 2 is 1.84 bits per heavy atom. The first kappa shape index (κ1) is 13.4. The first-order chi connectivity index (χ1) is 9.11. The Morgan fingerprint density at radius 3 is 2.53 bits per heavy atom. The molecular formula is C13H10F2N2OS. The summed E-state index contributed by atoms with van der Waals surface area (Å²) >= 11 is 1.20. The van der Waals surface area contributed by atoms with Gasteiger partial charge in [0, 0.05) is 15.4 Å². The second-order valence-corrected chi connectivity index (χ2v) is 4.77. The Balaban J connectivity index is 2.35. The maximum atomic E-state index is 13.1. The van der Waals surface area contributed by atoms with Gasteiger partial charge in [-0.2, -0.15) is 0 Å². The van der Waals surface area contributed by atoms with Gasteiger partial charge >= 0.3 is 0 Å². The van der Waals surface area contributed by atoms with Crippen molar-refractivity contribution in [3.63, 3.8) is 0 Å². The van der Waals surface area contributed by atoms with Gasteiger partial charge in [-0.1, -0.05) is 35.1 Å². The highest BCUT2D eigenvalue weighted by atomic mass is 32.2. The fourth-order valence-corrected chi connectivity index (χ4v) is 2.47. The van der Waals surface area contributed by atoms with Crippen molar-refractivity contribution in [2.75, 3.05) is 0 Å². The van der Waals surface area contributed by atoms with E-state index in [4.69, 9.17) is 10.9 Å². The van der Waals surface area contributed by atoms with Crippen LogP contribution in [0.3, 0.4) is 0 Å². The number of hydrogen-bond acceptors (Lipinski definition) is 3. The summed E-state index contributed by atoms with van der Waals surface area (Å²) in [7, 11) is 0. The monoisotopic (exact) mass is 280 g/mol. The molecule has 2 aromatic carbocycles. The van der Waals surface area contributed by atoms with Gasteiger partial charge in [0.15, 0.2) is 17.5 Å². The molecule has 98 valence electrons. The molecule has 0 atom stereocenters. The van der Waals surface area contributed by atoms with Gasteiger partial charge in [-0.05, 0) is 24.3 Å². The van der Waals surface area contributed by atoms with Gasteiger partial charge in [-0.25, -0.2) is 8.78 Å². The molecule has 2 rings (SSSR count). The SMILES string of the molecule is N/C(=N\O)c1ccccc1Sc1ccc(F)c(F)c1. The van der Waals surface area contributed by atoms with Crippen molar-refractivity contribution in [2.45, 2.75) is 9.79 Å². The van der Waals surface area contributed by atoms with Crippen LogP contribution in [0.1, 0.15) is 5.56 Å². The van der Waals surface area contributed by atoms with Crippen LogP contribution in [0.5, 0.6) is 0 Å². The van der Waals surface area contributed by atoms with Crippen molar-refractivity contribution < 1.29 is 14.0 Å². The maximum absolute atomic E-state index is 13.1. The summed E-state index contributed by atoms with van der Waals surface area (Å²) in [6.07, 6.45) is 0. The number of oxime groups is 1. The molecule has 0 heterocycles. The molecular weight excluding hydrogens is 270 g/mol. The number of benzene rings is 2. The van der Waals surface area contributed by atoms with Gasteiger partial charge in [-0.3, -0.25) is 0 Å². The van der Waals surface area contributed by atoms with Crippen LogP contribution in [-0.4, -0.2) is 11.0 Å². The van der Waals surface area contributed by atoms with Crippen molar-refractivity contribution in [3.8, 4) is 0 Å². The molecule has 0 aromatic heterocycles. The third-order valence-corrected chi connectivity index (χ3v) is 3.46. The van der Waals surface area contributed by atoms with Crippen molar-refractivity contribution >= 4 is 17.6 Å². The van der Waals surface area contributed by atoms with Crippen LogP contribution in [0.2, 0.25) is 0 Å². The zero-order valence-corrected chi connectivity index (χ0v) is 10.5. The second-order valence-electron chi connectivity index (χ2n) is 3.66. The smallest absolute Gasteiger partial charge is 0.171 e. The summed E-state index contributed by atoms with van der Waals surface area (Å²) in [5.41, 5.74) is 6.08. The van der Waals surface area contributed by atoms with Crippen LogP contribution < -0.4 is 5.73 Å². The molecule has 0 radical (unpaired) electrons. The molecule has 0 aliphatic heterocycles. The molecule has 3 nitrogen and oxygen atoms in total. The molecule has 0 aliphatic carbocycles. The number of nitrogens with two attached hydrogens (primary N) is 1. The van der Waals surface area contributed by atoms with Gasteiger partial charge < -0.3 is 10.9 Å². The predicted octanol–water partition coefficient (Wildman–Crippen LogP) is 3.21. The zero-order valence-electron chi connectivity index (χ0n) is 9.68. The maximum Gasteiger partial charge on any atom is 0.171 e. The summed E-state index contributed by atoms with van der Waals surface area (Å²) in [6.45, 7) is 0. The molecule has 0 saturated heterocycles. The molecule has 0 spiro atoms. The fraction of sp³-hybridized carbons (Fsp3) is 0. The van der Waals surface area contributed by atoms with E-state index in [9.17, 15) is 8.78 Å². The molecule has 2 aromatic rings. The minimum atomic E-state index is -0.911. The van der Waals surface area contributed by atoms with Crippen LogP contribution in [-0.2, 0) is 0 Å². The molecule has 0 aliphatic rings. The minimum Gasteiger partial charge on any atom is -0.409 e. The Morgan fingerprint density at radius 1 is 1.11 bits per heavy atom. The van der Waals surface area contributed by atoms with Crippen LogP contribution >= 0.6 is 11.8 Å². The van der Waals surface area contributed by atoms with Crippen LogP contribution in [0.4, 0.5) is 8.78 Å². The molecule has 3 N–H and O–H groups in total. The molecule has 19 heavy (non-hydrogen) atoms. The summed E-state index contributed by atoms with van der Waals surface area (Å²) < 4.78 is 26.0. The first-order valence-corrected chi connectivity index (χ1v) is 6.13. The number of rotatable bonds is 3. The summed E-state index contributed by atoms with van der Waals surface area (Å²) in [5.74, 6) is -1.84. The van der Waals surface area contributed by atoms with Crippen molar-refractivity contribution in [2.24, 2.45) is 10.9 Å². The van der Waals surface area contributed by atoms with Crippen molar-refractivity contribution in [1.82, 2.24) is 0 Å². The number of amidine groups is 1. The molecule has 6 heteroatoms. The summed E-state index contributed by atoms with van der Waals surface area (Å²) in [5, 5.41) is 11.6. The average Bonchev–Trinajstić information content (AvgIpc) is 2.43. The van der Waals surface area contributed by atoms with Gasteiger partial charge in [0.05, 0.1) is 0 Å². The number of halogens is 2. The van der Waals surface area contributed by atoms with Gasteiger partial charge in [0.2, 0.25) is 0 Å². The Kier molecular flexibility index (Phi) is 4.01. The van der Waals surface area contributed by atoms with E-state index in [0.717, 1.165) is 12.1 Å². The highest BCUT2D eigenvalue weighted by molar-refractivity contribution is 7.99. The van der Waals surface area contributed by atoms with E-state index < -0.39 is 11.6 Å². The van der Waals surface area contributed by atoms with E-state index in [2.05, 4.69) is 5.16 Å². The lowest BCUT2D eigenvalue weighted by molar-refractivity contribution is 0.318. The standard InChI is InChI=1S/C13H10F2N2OS/c14-10-6-5-8(7-11(10)15)19-12-4-2-1-3-9(12)13(16)17-18/h1-7,18H,(H2,16,17). The summed E-state index contributed by atoms with van der Waals surface area (Å²) in [4.78, 5) is 1.21. The Hall–Kier alpha value is -2.08. The van der Waals surface area contributed by atoms with E-state index in [1.165, 1.54) is 17.8 Å². The van der Waals surface area contributed by atoms with Crippen LogP contribution in [0.25, 0.3) is 0 Å². The summed E-state index contributed by atoms with van der Waals surface area (Å²) in [6, 6.07) is 10.6. The van der Waals surface area contributed by atoms with Crippen molar-refractivity contribution in [1.29, 1.82) is 0 Å². The van der Waals surface area contributed by atoms with Crippen LogP contribution in [0, 0.1) is 11.6 Å². The molecule has 0 amide bonds. The third-order valence-electron chi connectivity index (χ3n) is 2.39. The fourth-order valence-electron chi connectivity index (χ4n) is 1.49. The molecule has 0 bridgehead atoms. The lowest BCUT2D eigenvalue weighted by Crippen LogP contribution is -2.13. The lowest BCUT2D eigenvalue weighted by Gasteiger charge is -2.07. The van der Waals surface area contributed by atoms with Gasteiger partial charge in [0.25, 0.3) is 0 Å². The third kappa shape index (κ3) is 3.03. The minimum absolute atomic E-state index is 0.0364. The quantitative estimate of drug-likeness (QED) is 0.393. The Labute approximate surface area is 112 Å². The van der Waals surface area contributed by atoms with E-state index in [-0.39, 0.29) is 5.84 Å². The lowest BCUT2D eigenvalue weighted by atomic mass is 10.2. The molecule has 0 saturated carbocycles. The molecule has 0 fully saturated rings. The number of nitrogens with zero attached hydrogens (tertiary/aromatic N) is 1. The van der Waals surface area contributed by atoms with E-state index >= 15 is 0 Å². The highest BCUT2D eigenvalue weighted by Gasteiger charge is 2.09. The average molecular weight is 280 g/mol. The Bertz CT molecular complexity index is 632. The normalized spacial score (nSPS) is 11.6. The topological polar surface area (TPSA) is 58.6 Å². The zero-order chi connectivity index (χ0) is 13.8. The van der Waals surface area contributed by atoms with E-state index in [1.807, 2.05) is 0 Å². The van der Waals surface area contributed by atoms with E-state index in [0.29, 0.717) is 15.4 Å². The first-order valence-electron chi connectivity index (χ1n) is 5.31. The van der Waals surface area contributed by atoms with Crippen molar-refractivity contribution in [3.05, 3.63) is 59.7 Å². The predicted molar refractivity (Wildman–Crippen MR) is 69.4 cm³/mol. The largest absolute Gasteiger partial charge is 0.409 e. The molecule has 0 unspecified atom stereocenters. The van der Waals surface area contributed by atoms with Gasteiger partial charge in [0.1, 0.15) is 0 Å². The number of hydrogen-bond donors (Lipinski definition) is 2.